The molecule has 0 fully saturated rings. The van der Waals surface area contributed by atoms with E-state index in [2.05, 4.69) is 43.0 Å². The van der Waals surface area contributed by atoms with Crippen LogP contribution in [-0.2, 0) is 7.05 Å². The first-order valence-electron chi connectivity index (χ1n) is 8.13. The van der Waals surface area contributed by atoms with E-state index < -0.39 is 0 Å². The molecule has 3 aromatic heterocycles. The number of anilines is 1. The van der Waals surface area contributed by atoms with E-state index in [1.807, 2.05) is 39.4 Å². The molecule has 0 aliphatic heterocycles. The van der Waals surface area contributed by atoms with Crippen LogP contribution in [0.1, 0.15) is 19.9 Å². The fourth-order valence-electron chi connectivity index (χ4n) is 2.80. The van der Waals surface area contributed by atoms with E-state index >= 15 is 0 Å². The Labute approximate surface area is 145 Å². The number of nitrogens with two attached hydrogens (primary N) is 1. The summed E-state index contributed by atoms with van der Waals surface area (Å²) in [4.78, 5) is 8.99. The van der Waals surface area contributed by atoms with Crippen molar-refractivity contribution in [2.45, 2.75) is 19.9 Å². The maximum atomic E-state index is 6.02. The molecule has 0 atom stereocenters. The number of fused-ring (bicyclic) bond motifs is 1. The number of benzene rings is 1. The summed E-state index contributed by atoms with van der Waals surface area (Å²) in [6, 6.07) is 8.52. The first kappa shape index (κ1) is 15.3. The first-order chi connectivity index (χ1) is 12.0. The highest BCUT2D eigenvalue weighted by Crippen LogP contribution is 2.27. The van der Waals surface area contributed by atoms with Crippen LogP contribution >= 0.6 is 0 Å². The summed E-state index contributed by atoms with van der Waals surface area (Å²) in [6.45, 7) is 4.08. The van der Waals surface area contributed by atoms with Crippen molar-refractivity contribution >= 4 is 16.7 Å². The van der Waals surface area contributed by atoms with Crippen LogP contribution in [0.15, 0.2) is 42.9 Å². The van der Waals surface area contributed by atoms with E-state index in [0.29, 0.717) is 17.2 Å². The minimum Gasteiger partial charge on any atom is -0.382 e. The van der Waals surface area contributed by atoms with Gasteiger partial charge in [0, 0.05) is 35.8 Å². The number of nitrogen functional groups attached to an aromatic ring is 1. The van der Waals surface area contributed by atoms with Crippen molar-refractivity contribution in [1.29, 1.82) is 0 Å². The maximum Gasteiger partial charge on any atom is 0.151 e. The molecule has 0 amide bonds. The molecule has 0 spiro atoms. The minimum absolute atomic E-state index is 0.221. The molecule has 0 saturated heterocycles. The molecule has 0 aliphatic rings. The molecule has 126 valence electrons. The van der Waals surface area contributed by atoms with Crippen LogP contribution in [0.5, 0.6) is 0 Å². The molecular formula is C18H19N7. The molecule has 0 radical (unpaired) electrons. The Hall–Kier alpha value is -3.22. The zero-order chi connectivity index (χ0) is 17.6. The second-order valence-electron chi connectivity index (χ2n) is 6.37. The Balaban J connectivity index is 1.79. The normalized spacial score (nSPS) is 11.5. The lowest BCUT2D eigenvalue weighted by Crippen LogP contribution is -2.00. The third-order valence-electron chi connectivity index (χ3n) is 4.26. The number of hydrogen-bond acceptors (Lipinski definition) is 5. The first-order valence-corrected chi connectivity index (χ1v) is 8.13. The summed E-state index contributed by atoms with van der Waals surface area (Å²) in [6.07, 6.45) is 5.57. The molecule has 0 bridgehead atoms. The second-order valence-corrected chi connectivity index (χ2v) is 6.37. The Bertz CT molecular complexity index is 1060. The summed E-state index contributed by atoms with van der Waals surface area (Å²) in [5.74, 6) is 0.348. The zero-order valence-corrected chi connectivity index (χ0v) is 14.4. The van der Waals surface area contributed by atoms with E-state index in [-0.39, 0.29) is 6.04 Å². The van der Waals surface area contributed by atoms with Gasteiger partial charge >= 0.3 is 0 Å². The third kappa shape index (κ3) is 2.63. The van der Waals surface area contributed by atoms with Crippen LogP contribution in [0, 0.1) is 0 Å². The molecular weight excluding hydrogens is 314 g/mol. The number of nitrogens with zero attached hydrogens (tertiary/aromatic N) is 6. The number of hydrogen-bond donors (Lipinski definition) is 1. The van der Waals surface area contributed by atoms with Crippen LogP contribution in [0.3, 0.4) is 0 Å². The zero-order valence-electron chi connectivity index (χ0n) is 14.4. The lowest BCUT2D eigenvalue weighted by atomic mass is 10.1. The highest BCUT2D eigenvalue weighted by atomic mass is 15.4. The molecule has 4 rings (SSSR count). The van der Waals surface area contributed by atoms with Crippen molar-refractivity contribution < 1.29 is 0 Å². The van der Waals surface area contributed by atoms with Crippen LogP contribution in [0.2, 0.25) is 0 Å². The maximum absolute atomic E-state index is 6.02. The minimum atomic E-state index is 0.221. The average Bonchev–Trinajstić information content (AvgIpc) is 3.23. The lowest BCUT2D eigenvalue weighted by Gasteiger charge is -2.06. The molecule has 7 heteroatoms. The van der Waals surface area contributed by atoms with Gasteiger partial charge < -0.3 is 10.3 Å². The predicted octanol–water partition coefficient (Wildman–Crippen LogP) is 3.06. The van der Waals surface area contributed by atoms with Crippen molar-refractivity contribution in [1.82, 2.24) is 29.5 Å². The summed E-state index contributed by atoms with van der Waals surface area (Å²) in [5.41, 5.74) is 10.1. The van der Waals surface area contributed by atoms with Crippen molar-refractivity contribution in [2.24, 2.45) is 7.05 Å². The van der Waals surface area contributed by atoms with Crippen LogP contribution in [0.25, 0.3) is 33.5 Å². The molecule has 1 aromatic carbocycles. The van der Waals surface area contributed by atoms with Gasteiger partial charge in [0.2, 0.25) is 0 Å². The van der Waals surface area contributed by atoms with Gasteiger partial charge in [0.05, 0.1) is 18.1 Å². The average molecular weight is 333 g/mol. The molecule has 7 nitrogen and oxygen atoms in total. The highest BCUT2D eigenvalue weighted by Gasteiger charge is 2.14. The van der Waals surface area contributed by atoms with Gasteiger partial charge in [-0.2, -0.15) is 0 Å². The fourth-order valence-corrected chi connectivity index (χ4v) is 2.80. The Kier molecular flexibility index (Phi) is 3.49. The van der Waals surface area contributed by atoms with Gasteiger partial charge in [-0.25, -0.2) is 14.6 Å². The van der Waals surface area contributed by atoms with E-state index in [0.717, 1.165) is 16.6 Å². The van der Waals surface area contributed by atoms with Gasteiger partial charge in [0.25, 0.3) is 0 Å². The van der Waals surface area contributed by atoms with Crippen LogP contribution < -0.4 is 5.73 Å². The quantitative estimate of drug-likeness (QED) is 0.622. The van der Waals surface area contributed by atoms with E-state index in [4.69, 9.17) is 5.73 Å². The van der Waals surface area contributed by atoms with Crippen molar-refractivity contribution in [3.63, 3.8) is 0 Å². The monoisotopic (exact) mass is 333 g/mol. The number of aromatic nitrogens is 6. The smallest absolute Gasteiger partial charge is 0.151 e. The predicted molar refractivity (Wildman–Crippen MR) is 97.8 cm³/mol. The third-order valence-corrected chi connectivity index (χ3v) is 4.26. The fraction of sp³-hybridized carbons (Fsp3) is 0.222. The topological polar surface area (TPSA) is 87.4 Å². The molecule has 3 heterocycles. The summed E-state index contributed by atoms with van der Waals surface area (Å²) in [7, 11) is 2.03. The van der Waals surface area contributed by atoms with Gasteiger partial charge in [-0.1, -0.05) is 11.3 Å². The number of aryl methyl sites for hydroxylation is 1. The summed E-state index contributed by atoms with van der Waals surface area (Å²) >= 11 is 0. The van der Waals surface area contributed by atoms with Crippen molar-refractivity contribution in [2.75, 3.05) is 5.73 Å². The summed E-state index contributed by atoms with van der Waals surface area (Å²) < 4.78 is 3.86. The van der Waals surface area contributed by atoms with Gasteiger partial charge in [0.1, 0.15) is 11.4 Å². The van der Waals surface area contributed by atoms with Gasteiger partial charge in [-0.15, -0.1) is 5.10 Å². The Morgan fingerprint density at radius 2 is 1.96 bits per heavy atom. The Morgan fingerprint density at radius 3 is 2.72 bits per heavy atom. The van der Waals surface area contributed by atoms with E-state index in [9.17, 15) is 0 Å². The standard InChI is InChI=1S/C18H19N7/c1-11(2)25-10-15(22-23-25)17-18(19)20-9-14(21-17)12-4-5-16-13(8-12)6-7-24(16)3/h4-11H,1-3H3,(H2,19,20). The molecule has 2 N–H and O–H groups in total. The molecule has 0 saturated carbocycles. The molecule has 4 aromatic rings. The van der Waals surface area contributed by atoms with E-state index in [1.54, 1.807) is 10.9 Å². The number of rotatable bonds is 3. The lowest BCUT2D eigenvalue weighted by molar-refractivity contribution is 0.514. The second kappa shape index (κ2) is 5.70. The van der Waals surface area contributed by atoms with Gasteiger partial charge in [-0.3, -0.25) is 0 Å². The van der Waals surface area contributed by atoms with Gasteiger partial charge in [0.15, 0.2) is 5.82 Å². The van der Waals surface area contributed by atoms with E-state index in [1.165, 1.54) is 5.52 Å². The largest absolute Gasteiger partial charge is 0.382 e. The molecule has 25 heavy (non-hydrogen) atoms. The van der Waals surface area contributed by atoms with Crippen LogP contribution in [0.4, 0.5) is 5.82 Å². The Morgan fingerprint density at radius 1 is 1.12 bits per heavy atom. The molecule has 0 aliphatic carbocycles. The van der Waals surface area contributed by atoms with Crippen molar-refractivity contribution in [3.8, 4) is 22.6 Å². The van der Waals surface area contributed by atoms with Crippen LogP contribution in [-0.4, -0.2) is 29.5 Å². The van der Waals surface area contributed by atoms with Crippen molar-refractivity contribution in [3.05, 3.63) is 42.9 Å². The highest BCUT2D eigenvalue weighted by molar-refractivity contribution is 5.85. The SMILES string of the molecule is CC(C)n1cc(-c2nc(-c3ccc4c(ccn4C)c3)cnc2N)nn1. The molecule has 0 unspecified atom stereocenters. The summed E-state index contributed by atoms with van der Waals surface area (Å²) in [5, 5.41) is 9.46. The van der Waals surface area contributed by atoms with Gasteiger partial charge in [-0.05, 0) is 32.0 Å².